The van der Waals surface area contributed by atoms with Gasteiger partial charge in [0.05, 0.1) is 10.5 Å². The molecule has 1 fully saturated rings. The van der Waals surface area contributed by atoms with Gasteiger partial charge in [-0.15, -0.1) is 0 Å². The third-order valence-corrected chi connectivity index (χ3v) is 5.44. The number of nitrogens with two attached hydrogens (primary N) is 1. The number of hydrogen-bond acceptors (Lipinski definition) is 2. The largest absolute Gasteiger partial charge is 0.271 e. The van der Waals surface area contributed by atoms with Gasteiger partial charge in [-0.25, -0.2) is 4.39 Å². The summed E-state index contributed by atoms with van der Waals surface area (Å²) in [5.74, 6) is 7.45. The van der Waals surface area contributed by atoms with Crippen LogP contribution >= 0.6 is 15.9 Å². The molecule has 0 amide bonds. The minimum Gasteiger partial charge on any atom is -0.271 e. The molecule has 19 heavy (non-hydrogen) atoms. The Kier molecular flexibility index (Phi) is 4.98. The van der Waals surface area contributed by atoms with Crippen molar-refractivity contribution < 1.29 is 4.39 Å². The van der Waals surface area contributed by atoms with Gasteiger partial charge in [0.15, 0.2) is 0 Å². The fraction of sp³-hybridized carbons (Fsp3) is 0.600. The molecular weight excluding hydrogens is 307 g/mol. The van der Waals surface area contributed by atoms with E-state index >= 15 is 0 Å². The van der Waals surface area contributed by atoms with Crippen LogP contribution in [0.4, 0.5) is 4.39 Å². The van der Waals surface area contributed by atoms with Gasteiger partial charge >= 0.3 is 0 Å². The number of hydrazine groups is 1. The van der Waals surface area contributed by atoms with Gasteiger partial charge in [0.2, 0.25) is 0 Å². The van der Waals surface area contributed by atoms with Crippen LogP contribution in [0.1, 0.15) is 44.7 Å². The summed E-state index contributed by atoms with van der Waals surface area (Å²) in [7, 11) is 0. The van der Waals surface area contributed by atoms with E-state index in [4.69, 9.17) is 5.84 Å². The number of nitrogens with one attached hydrogen (secondary N) is 1. The summed E-state index contributed by atoms with van der Waals surface area (Å²) in [5, 5.41) is 0. The lowest BCUT2D eigenvalue weighted by molar-refractivity contribution is 0.171. The Bertz CT molecular complexity index is 438. The first-order chi connectivity index (χ1) is 9.04. The van der Waals surface area contributed by atoms with Crippen LogP contribution in [-0.2, 0) is 0 Å². The molecule has 3 N–H and O–H groups in total. The quantitative estimate of drug-likeness (QED) is 0.645. The second kappa shape index (κ2) is 6.33. The first kappa shape index (κ1) is 14.9. The van der Waals surface area contributed by atoms with E-state index in [9.17, 15) is 4.39 Å². The summed E-state index contributed by atoms with van der Waals surface area (Å²) in [4.78, 5) is 0. The van der Waals surface area contributed by atoms with Crippen LogP contribution in [-0.4, -0.2) is 0 Å². The van der Waals surface area contributed by atoms with Crippen LogP contribution in [0.2, 0.25) is 0 Å². The zero-order chi connectivity index (χ0) is 14.0. The molecule has 4 atom stereocenters. The van der Waals surface area contributed by atoms with Crippen LogP contribution in [0.15, 0.2) is 22.7 Å². The summed E-state index contributed by atoms with van der Waals surface area (Å²) in [5.41, 5.74) is 3.82. The van der Waals surface area contributed by atoms with E-state index in [2.05, 4.69) is 35.2 Å². The molecule has 1 aromatic rings. The lowest BCUT2D eigenvalue weighted by Gasteiger charge is -2.37. The highest BCUT2D eigenvalue weighted by Gasteiger charge is 2.31. The molecular formula is C15H22BrFN2. The lowest BCUT2D eigenvalue weighted by atomic mass is 9.72. The highest BCUT2D eigenvalue weighted by atomic mass is 79.9. The van der Waals surface area contributed by atoms with E-state index in [1.165, 1.54) is 12.5 Å². The average molecular weight is 329 g/mol. The molecule has 0 saturated heterocycles. The Hall–Kier alpha value is -0.450. The highest BCUT2D eigenvalue weighted by molar-refractivity contribution is 9.10. The third kappa shape index (κ3) is 3.18. The molecule has 1 aromatic carbocycles. The maximum atomic E-state index is 13.7. The number of halogens is 2. The predicted octanol–water partition coefficient (Wildman–Crippen LogP) is 4.16. The molecule has 1 aliphatic carbocycles. The van der Waals surface area contributed by atoms with Crippen molar-refractivity contribution in [1.82, 2.24) is 5.43 Å². The highest BCUT2D eigenvalue weighted by Crippen LogP contribution is 2.41. The van der Waals surface area contributed by atoms with Gasteiger partial charge in [0, 0.05) is 0 Å². The molecule has 0 aromatic heterocycles. The summed E-state index contributed by atoms with van der Waals surface area (Å²) in [6.45, 7) is 4.61. The van der Waals surface area contributed by atoms with Gasteiger partial charge in [-0.1, -0.05) is 32.4 Å². The molecule has 0 heterocycles. The van der Waals surface area contributed by atoms with E-state index in [1.54, 1.807) is 6.07 Å². The molecule has 0 aliphatic heterocycles. The van der Waals surface area contributed by atoms with Crippen molar-refractivity contribution >= 4 is 15.9 Å². The zero-order valence-electron chi connectivity index (χ0n) is 11.5. The van der Waals surface area contributed by atoms with Crippen molar-refractivity contribution in [2.24, 2.45) is 23.6 Å². The SMILES string of the molecule is CC1CCC(C(NN)c2cccc(F)c2Br)CC1C. The Morgan fingerprint density at radius 2 is 2.05 bits per heavy atom. The molecule has 1 saturated carbocycles. The maximum absolute atomic E-state index is 13.7. The van der Waals surface area contributed by atoms with Crippen LogP contribution in [0.3, 0.4) is 0 Å². The predicted molar refractivity (Wildman–Crippen MR) is 79.8 cm³/mol. The minimum absolute atomic E-state index is 0.0139. The first-order valence-corrected chi connectivity index (χ1v) is 7.74. The van der Waals surface area contributed by atoms with Gasteiger partial charge in [0.1, 0.15) is 5.82 Å². The maximum Gasteiger partial charge on any atom is 0.137 e. The van der Waals surface area contributed by atoms with Crippen LogP contribution in [0, 0.1) is 23.6 Å². The van der Waals surface area contributed by atoms with Crippen molar-refractivity contribution in [3.63, 3.8) is 0 Å². The Labute approximate surface area is 123 Å². The molecule has 0 radical (unpaired) electrons. The van der Waals surface area contributed by atoms with Crippen molar-refractivity contribution in [2.45, 2.75) is 39.2 Å². The van der Waals surface area contributed by atoms with Crippen molar-refractivity contribution in [3.8, 4) is 0 Å². The number of benzene rings is 1. The van der Waals surface area contributed by atoms with E-state index in [0.29, 0.717) is 16.3 Å². The third-order valence-electron chi connectivity index (χ3n) is 4.61. The summed E-state index contributed by atoms with van der Waals surface area (Å²) in [6.07, 6.45) is 3.50. The lowest BCUT2D eigenvalue weighted by Crippen LogP contribution is -2.37. The molecule has 4 heteroatoms. The van der Waals surface area contributed by atoms with Crippen molar-refractivity contribution in [1.29, 1.82) is 0 Å². The molecule has 4 unspecified atom stereocenters. The monoisotopic (exact) mass is 328 g/mol. The van der Waals surface area contributed by atoms with Gasteiger partial charge < -0.3 is 0 Å². The second-order valence-corrected chi connectivity index (χ2v) is 6.61. The Morgan fingerprint density at radius 3 is 2.68 bits per heavy atom. The van der Waals surface area contributed by atoms with Gasteiger partial charge in [0.25, 0.3) is 0 Å². The van der Waals surface area contributed by atoms with Crippen molar-refractivity contribution in [3.05, 3.63) is 34.1 Å². The molecule has 0 spiro atoms. The van der Waals surface area contributed by atoms with Crippen LogP contribution in [0.25, 0.3) is 0 Å². The molecule has 1 aliphatic rings. The molecule has 2 nitrogen and oxygen atoms in total. The minimum atomic E-state index is -0.227. The van der Waals surface area contributed by atoms with Gasteiger partial charge in [-0.05, 0) is 58.2 Å². The van der Waals surface area contributed by atoms with E-state index < -0.39 is 0 Å². The number of hydrogen-bond donors (Lipinski definition) is 2. The smallest absolute Gasteiger partial charge is 0.137 e. The second-order valence-electron chi connectivity index (χ2n) is 5.82. The van der Waals surface area contributed by atoms with E-state index in [-0.39, 0.29) is 11.9 Å². The van der Waals surface area contributed by atoms with Crippen molar-refractivity contribution in [2.75, 3.05) is 0 Å². The molecule has 0 bridgehead atoms. The zero-order valence-corrected chi connectivity index (χ0v) is 13.1. The fourth-order valence-electron chi connectivity index (χ4n) is 3.13. The van der Waals surface area contributed by atoms with E-state index in [1.807, 2.05) is 6.07 Å². The van der Waals surface area contributed by atoms with Gasteiger partial charge in [-0.3, -0.25) is 11.3 Å². The molecule has 2 rings (SSSR count). The van der Waals surface area contributed by atoms with Crippen LogP contribution < -0.4 is 11.3 Å². The topological polar surface area (TPSA) is 38.0 Å². The van der Waals surface area contributed by atoms with Crippen LogP contribution in [0.5, 0.6) is 0 Å². The first-order valence-electron chi connectivity index (χ1n) is 6.94. The van der Waals surface area contributed by atoms with Gasteiger partial charge in [-0.2, -0.15) is 0 Å². The summed E-state index contributed by atoms with van der Waals surface area (Å²) >= 11 is 3.34. The standard InChI is InChI=1S/C15H22BrFN2/c1-9-6-7-11(8-10(9)2)15(19-18)12-4-3-5-13(17)14(12)16/h3-5,9-11,15,19H,6-8,18H2,1-2H3. The Balaban J connectivity index is 2.22. The summed E-state index contributed by atoms with van der Waals surface area (Å²) in [6, 6.07) is 5.17. The Morgan fingerprint density at radius 1 is 1.32 bits per heavy atom. The fourth-order valence-corrected chi connectivity index (χ4v) is 3.64. The number of rotatable bonds is 3. The average Bonchev–Trinajstić information content (AvgIpc) is 2.39. The summed E-state index contributed by atoms with van der Waals surface area (Å²) < 4.78 is 14.2. The van der Waals surface area contributed by atoms with E-state index in [0.717, 1.165) is 24.3 Å². The normalized spacial score (nSPS) is 29.2. The molecule has 106 valence electrons.